The Hall–Kier alpha value is -7.35. The van der Waals surface area contributed by atoms with E-state index in [-0.39, 0.29) is 0 Å². The molecule has 7 heteroatoms. The average Bonchev–Trinajstić information content (AvgIpc) is 3.85. The minimum atomic E-state index is 0.619. The van der Waals surface area contributed by atoms with Crippen molar-refractivity contribution in [3.63, 3.8) is 0 Å². The molecular weight excluding hydrogens is 707 g/mol. The second-order valence-corrected chi connectivity index (χ2v) is 14.7. The molecule has 0 N–H and O–H groups in total. The van der Waals surface area contributed by atoms with Crippen molar-refractivity contribution in [1.82, 2.24) is 24.9 Å². The lowest BCUT2D eigenvalue weighted by Gasteiger charge is -2.10. The Kier molecular flexibility index (Phi) is 7.57. The van der Waals surface area contributed by atoms with Crippen molar-refractivity contribution in [3.8, 4) is 67.9 Å². The highest BCUT2D eigenvalue weighted by Crippen LogP contribution is 2.42. The quantitative estimate of drug-likeness (QED) is 0.169. The van der Waals surface area contributed by atoms with Gasteiger partial charge < -0.3 is 4.42 Å². The number of fused-ring (bicyclic) bond motifs is 6. The van der Waals surface area contributed by atoms with Gasteiger partial charge in [0.2, 0.25) is 0 Å². The maximum Gasteiger partial charge on any atom is 0.164 e. The van der Waals surface area contributed by atoms with Gasteiger partial charge in [0.05, 0.1) is 15.9 Å². The molecule has 11 aromatic rings. The van der Waals surface area contributed by atoms with Crippen molar-refractivity contribution >= 4 is 53.6 Å². The summed E-state index contributed by atoms with van der Waals surface area (Å²) >= 11 is 1.73. The van der Waals surface area contributed by atoms with Gasteiger partial charge in [-0.15, -0.1) is 11.3 Å². The van der Waals surface area contributed by atoms with Crippen LogP contribution in [0.4, 0.5) is 0 Å². The average molecular weight is 736 g/mol. The molecule has 0 spiro atoms. The van der Waals surface area contributed by atoms with Crippen molar-refractivity contribution in [2.75, 3.05) is 0 Å². The van der Waals surface area contributed by atoms with Crippen molar-refractivity contribution in [2.45, 2.75) is 0 Å². The third kappa shape index (κ3) is 5.52. The van der Waals surface area contributed by atoms with Gasteiger partial charge in [-0.05, 0) is 41.5 Å². The molecule has 4 aromatic heterocycles. The number of thiophene rings is 1. The number of hydrogen-bond acceptors (Lipinski definition) is 7. The van der Waals surface area contributed by atoms with E-state index < -0.39 is 0 Å². The fraction of sp³-hybridized carbons (Fsp3) is 0. The van der Waals surface area contributed by atoms with E-state index in [2.05, 4.69) is 91.0 Å². The van der Waals surface area contributed by atoms with Crippen LogP contribution in [0.1, 0.15) is 0 Å². The summed E-state index contributed by atoms with van der Waals surface area (Å²) in [6, 6.07) is 59.8. The summed E-state index contributed by atoms with van der Waals surface area (Å²) in [6.07, 6.45) is 0. The molecule has 4 heterocycles. The molecule has 0 bridgehead atoms. The van der Waals surface area contributed by atoms with Crippen LogP contribution in [0.3, 0.4) is 0 Å². The van der Waals surface area contributed by atoms with Crippen LogP contribution >= 0.6 is 11.3 Å². The van der Waals surface area contributed by atoms with Gasteiger partial charge in [-0.3, -0.25) is 0 Å². The van der Waals surface area contributed by atoms with Crippen LogP contribution in [0.5, 0.6) is 0 Å². The zero-order valence-electron chi connectivity index (χ0n) is 29.8. The number of hydrogen-bond donors (Lipinski definition) is 0. The summed E-state index contributed by atoms with van der Waals surface area (Å²) in [6.45, 7) is 0. The first kappa shape index (κ1) is 32.1. The number of nitrogens with zero attached hydrogens (tertiary/aromatic N) is 5. The van der Waals surface area contributed by atoms with Gasteiger partial charge in [0.25, 0.3) is 0 Å². The summed E-state index contributed by atoms with van der Waals surface area (Å²) in [7, 11) is 0. The molecule has 0 fully saturated rings. The molecule has 0 aliphatic rings. The standard InChI is InChI=1S/C49H29N5OS/c1-4-13-31(14-5-1)46-50-43(45-44(51-46)37-19-10-11-22-41(37)56-45)35-27-28-39-38(29-35)42-36(20-12-21-40(42)55-39)30-23-25-34(26-24-30)49-53-47(32-15-6-2-7-16-32)52-48(54-49)33-17-8-3-9-18-33/h1-29H. The summed E-state index contributed by atoms with van der Waals surface area (Å²) in [5.74, 6) is 2.60. The summed E-state index contributed by atoms with van der Waals surface area (Å²) < 4.78 is 8.74. The molecule has 6 nitrogen and oxygen atoms in total. The SMILES string of the molecule is c1ccc(-c2nc(-c3ccccc3)nc(-c3ccc(-c4cccc5oc6ccc(-c7nc(-c8ccccc8)nc8c7sc7ccccc78)cc6c45)cc3)n2)cc1. The number of rotatable bonds is 6. The van der Waals surface area contributed by atoms with Crippen molar-refractivity contribution < 1.29 is 4.42 Å². The van der Waals surface area contributed by atoms with Crippen molar-refractivity contribution in [3.05, 3.63) is 176 Å². The molecule has 0 saturated heterocycles. The molecule has 56 heavy (non-hydrogen) atoms. The highest BCUT2D eigenvalue weighted by atomic mass is 32.1. The molecule has 0 radical (unpaired) electrons. The molecule has 0 saturated carbocycles. The molecule has 11 rings (SSSR count). The normalized spacial score (nSPS) is 11.6. The number of furan rings is 1. The van der Waals surface area contributed by atoms with E-state index in [0.29, 0.717) is 23.3 Å². The van der Waals surface area contributed by atoms with E-state index in [0.717, 1.165) is 82.2 Å². The molecule has 0 unspecified atom stereocenters. The minimum Gasteiger partial charge on any atom is -0.456 e. The molecule has 0 atom stereocenters. The zero-order chi connectivity index (χ0) is 37.0. The van der Waals surface area contributed by atoms with Crippen LogP contribution in [-0.2, 0) is 0 Å². The predicted octanol–water partition coefficient (Wildman–Crippen LogP) is 12.9. The van der Waals surface area contributed by atoms with Gasteiger partial charge >= 0.3 is 0 Å². The van der Waals surface area contributed by atoms with Crippen LogP contribution in [-0.4, -0.2) is 24.9 Å². The molecular formula is C49H29N5OS. The lowest BCUT2D eigenvalue weighted by atomic mass is 9.97. The third-order valence-corrected chi connectivity index (χ3v) is 11.3. The summed E-state index contributed by atoms with van der Waals surface area (Å²) in [5, 5.41) is 3.22. The fourth-order valence-electron chi connectivity index (χ4n) is 7.45. The minimum absolute atomic E-state index is 0.619. The van der Waals surface area contributed by atoms with Crippen molar-refractivity contribution in [2.24, 2.45) is 0 Å². The molecule has 0 aliphatic heterocycles. The maximum atomic E-state index is 6.48. The Morgan fingerprint density at radius 2 is 0.911 bits per heavy atom. The van der Waals surface area contributed by atoms with Gasteiger partial charge in [-0.25, -0.2) is 24.9 Å². The van der Waals surface area contributed by atoms with Gasteiger partial charge in [0, 0.05) is 48.7 Å². The molecule has 0 aliphatic carbocycles. The first-order valence-corrected chi connectivity index (χ1v) is 19.2. The smallest absolute Gasteiger partial charge is 0.164 e. The van der Waals surface area contributed by atoms with E-state index in [1.54, 1.807) is 11.3 Å². The number of aromatic nitrogens is 5. The van der Waals surface area contributed by atoms with Gasteiger partial charge in [0.1, 0.15) is 11.2 Å². The van der Waals surface area contributed by atoms with E-state index in [9.17, 15) is 0 Å². The molecule has 0 amide bonds. The van der Waals surface area contributed by atoms with Crippen LogP contribution in [0.25, 0.3) is 110 Å². The van der Waals surface area contributed by atoms with E-state index in [1.807, 2.05) is 84.9 Å². The zero-order valence-corrected chi connectivity index (χ0v) is 30.6. The van der Waals surface area contributed by atoms with E-state index in [1.165, 1.54) is 4.70 Å². The van der Waals surface area contributed by atoms with E-state index >= 15 is 0 Å². The largest absolute Gasteiger partial charge is 0.456 e. The fourth-order valence-corrected chi connectivity index (χ4v) is 8.61. The number of benzene rings is 7. The lowest BCUT2D eigenvalue weighted by molar-refractivity contribution is 0.669. The Labute approximate surface area is 325 Å². The third-order valence-electron chi connectivity index (χ3n) is 10.2. The molecule has 262 valence electrons. The van der Waals surface area contributed by atoms with E-state index in [4.69, 9.17) is 29.3 Å². The maximum absolute atomic E-state index is 6.48. The van der Waals surface area contributed by atoms with Crippen LogP contribution in [0.15, 0.2) is 180 Å². The highest BCUT2D eigenvalue weighted by molar-refractivity contribution is 7.26. The first-order chi connectivity index (χ1) is 27.7. The Balaban J connectivity index is 1.04. The monoisotopic (exact) mass is 735 g/mol. The topological polar surface area (TPSA) is 77.6 Å². The predicted molar refractivity (Wildman–Crippen MR) is 228 cm³/mol. The van der Waals surface area contributed by atoms with Gasteiger partial charge in [-0.2, -0.15) is 0 Å². The Morgan fingerprint density at radius 1 is 0.375 bits per heavy atom. The second kappa shape index (κ2) is 13.2. The van der Waals surface area contributed by atoms with Crippen LogP contribution < -0.4 is 0 Å². The highest BCUT2D eigenvalue weighted by Gasteiger charge is 2.20. The van der Waals surface area contributed by atoms with Gasteiger partial charge in [0.15, 0.2) is 23.3 Å². The summed E-state index contributed by atoms with van der Waals surface area (Å²) in [5.41, 5.74) is 10.5. The van der Waals surface area contributed by atoms with Crippen LogP contribution in [0.2, 0.25) is 0 Å². The lowest BCUT2D eigenvalue weighted by Crippen LogP contribution is -2.00. The Bertz CT molecular complexity index is 3180. The summed E-state index contributed by atoms with van der Waals surface area (Å²) in [4.78, 5) is 25.1. The van der Waals surface area contributed by atoms with Gasteiger partial charge in [-0.1, -0.05) is 146 Å². The van der Waals surface area contributed by atoms with Crippen LogP contribution in [0, 0.1) is 0 Å². The second-order valence-electron chi connectivity index (χ2n) is 13.6. The first-order valence-electron chi connectivity index (χ1n) is 18.4. The Morgan fingerprint density at radius 3 is 1.55 bits per heavy atom. The molecule has 7 aromatic carbocycles. The van der Waals surface area contributed by atoms with Crippen molar-refractivity contribution in [1.29, 1.82) is 0 Å².